The number of amides is 1. The van der Waals surface area contributed by atoms with Gasteiger partial charge in [-0.1, -0.05) is 18.2 Å². The molecular formula is C31H33N6O4S-. The predicted octanol–water partition coefficient (Wildman–Crippen LogP) is 4.19. The van der Waals surface area contributed by atoms with Gasteiger partial charge >= 0.3 is 0 Å². The first-order valence-corrected chi connectivity index (χ1v) is 15.8. The number of hydrogen-bond donors (Lipinski definition) is 3. The van der Waals surface area contributed by atoms with Crippen LogP contribution in [0.3, 0.4) is 0 Å². The average Bonchev–Trinajstić information content (AvgIpc) is 3.43. The number of aromatic amines is 1. The van der Waals surface area contributed by atoms with E-state index in [-0.39, 0.29) is 46.3 Å². The third-order valence-electron chi connectivity index (χ3n) is 9.21. The van der Waals surface area contributed by atoms with Crippen molar-refractivity contribution in [3.63, 3.8) is 0 Å². The van der Waals surface area contributed by atoms with Gasteiger partial charge < -0.3 is 30.2 Å². The number of fused-ring (bicyclic) bond motifs is 9. The zero-order chi connectivity index (χ0) is 29.0. The Labute approximate surface area is 247 Å². The van der Waals surface area contributed by atoms with Gasteiger partial charge in [-0.05, 0) is 79.2 Å². The molecule has 2 bridgehead atoms. The molecule has 7 rings (SSSR count). The number of anilines is 2. The SMILES string of the molecule is CSCC[C@H](NC(=O)[C@@H]1Cc2cc(N([O-])O)ccc2N2CC3CC(Cn4c3cccc4=O)[C@@H]12)c1nc2ccccc2[nH]1. The molecule has 5 heterocycles. The molecular weight excluding hydrogens is 552 g/mol. The van der Waals surface area contributed by atoms with E-state index in [1.165, 1.54) is 0 Å². The van der Waals surface area contributed by atoms with Gasteiger partial charge in [0, 0.05) is 42.5 Å². The topological polar surface area (TPSA) is 130 Å². The third kappa shape index (κ3) is 4.65. The maximum Gasteiger partial charge on any atom is 0.250 e. The molecule has 2 aromatic heterocycles. The Morgan fingerprint density at radius 1 is 1.21 bits per heavy atom. The minimum Gasteiger partial charge on any atom is -0.733 e. The number of rotatable bonds is 7. The van der Waals surface area contributed by atoms with Gasteiger partial charge in [-0.2, -0.15) is 11.8 Å². The van der Waals surface area contributed by atoms with Crippen LogP contribution in [0.5, 0.6) is 0 Å². The van der Waals surface area contributed by atoms with Crippen molar-refractivity contribution < 1.29 is 10.0 Å². The van der Waals surface area contributed by atoms with Crippen molar-refractivity contribution in [3.05, 3.63) is 93.3 Å². The third-order valence-corrected chi connectivity index (χ3v) is 9.86. The summed E-state index contributed by atoms with van der Waals surface area (Å²) >= 11 is 1.72. The number of carbonyl (C=O) groups excluding carboxylic acids is 1. The number of benzene rings is 2. The van der Waals surface area contributed by atoms with Crippen LogP contribution in [-0.4, -0.2) is 50.2 Å². The fourth-order valence-corrected chi connectivity index (χ4v) is 7.86. The molecule has 11 heteroatoms. The summed E-state index contributed by atoms with van der Waals surface area (Å²) in [7, 11) is 0. The van der Waals surface area contributed by atoms with Gasteiger partial charge in [0.25, 0.3) is 5.56 Å². The van der Waals surface area contributed by atoms with Crippen molar-refractivity contribution in [1.29, 1.82) is 0 Å². The zero-order valence-corrected chi connectivity index (χ0v) is 24.1. The largest absolute Gasteiger partial charge is 0.733 e. The minimum atomic E-state index is -0.417. The van der Waals surface area contributed by atoms with Crippen molar-refractivity contribution >= 4 is 40.1 Å². The summed E-state index contributed by atoms with van der Waals surface area (Å²) in [5.41, 5.74) is 4.79. The Morgan fingerprint density at radius 2 is 2.07 bits per heavy atom. The van der Waals surface area contributed by atoms with Gasteiger partial charge in [-0.25, -0.2) is 4.98 Å². The van der Waals surface area contributed by atoms with Gasteiger partial charge in [0.1, 0.15) is 5.82 Å². The monoisotopic (exact) mass is 585 g/mol. The van der Waals surface area contributed by atoms with Crippen molar-refractivity contribution in [2.75, 3.05) is 28.7 Å². The maximum absolute atomic E-state index is 14.3. The summed E-state index contributed by atoms with van der Waals surface area (Å²) in [6.45, 7) is 1.23. The number of piperidine rings is 1. The number of nitrogens with one attached hydrogen (secondary N) is 2. The van der Waals surface area contributed by atoms with Crippen LogP contribution in [0.2, 0.25) is 0 Å². The molecule has 3 N–H and O–H groups in total. The Balaban J connectivity index is 1.26. The number of hydrogen-bond acceptors (Lipinski definition) is 8. The highest BCUT2D eigenvalue weighted by Crippen LogP contribution is 2.48. The lowest BCUT2D eigenvalue weighted by molar-refractivity contribution is -0.127. The summed E-state index contributed by atoms with van der Waals surface area (Å²) in [4.78, 5) is 37.7. The standard InChI is InChI=1S/C31H33N6O4S/c1-42-12-11-25(30-32-23-5-2-3-6-24(23)33-30)34-31(39)22-15-18-14-21(37(40)41)9-10-27(18)36-16-19-13-20(29(22)36)17-35-26(19)7-4-8-28(35)38/h2-10,14,19-20,22,25,29,40H,11-13,15-17H2,1H3,(H,32,33)(H,34,39)/q-1/t19?,20?,22-,25+,29+/m1/s1. The molecule has 0 aliphatic carbocycles. The van der Waals surface area contributed by atoms with E-state index < -0.39 is 5.92 Å². The fraction of sp³-hybridized carbons (Fsp3) is 0.387. The molecule has 10 nitrogen and oxygen atoms in total. The van der Waals surface area contributed by atoms with E-state index in [1.807, 2.05) is 53.3 Å². The lowest BCUT2D eigenvalue weighted by atomic mass is 9.70. The van der Waals surface area contributed by atoms with Crippen molar-refractivity contribution in [1.82, 2.24) is 19.9 Å². The minimum absolute atomic E-state index is 0.00185. The number of H-pyrrole nitrogens is 1. The second-order valence-electron chi connectivity index (χ2n) is 11.6. The van der Waals surface area contributed by atoms with E-state index >= 15 is 0 Å². The number of para-hydroxylation sites is 2. The Hall–Kier alpha value is -3.80. The summed E-state index contributed by atoms with van der Waals surface area (Å²) in [5, 5.41) is 24.6. The molecule has 218 valence electrons. The number of imidazole rings is 1. The molecule has 0 radical (unpaired) electrons. The number of thioether (sulfide) groups is 1. The van der Waals surface area contributed by atoms with Crippen LogP contribution in [0.25, 0.3) is 11.0 Å². The summed E-state index contributed by atoms with van der Waals surface area (Å²) in [6.07, 6.45) is 4.11. The molecule has 3 aliphatic rings. The zero-order valence-electron chi connectivity index (χ0n) is 23.3. The molecule has 2 unspecified atom stereocenters. The molecule has 1 fully saturated rings. The Kier molecular flexibility index (Phi) is 6.95. The smallest absolute Gasteiger partial charge is 0.250 e. The highest BCUT2D eigenvalue weighted by molar-refractivity contribution is 7.98. The van der Waals surface area contributed by atoms with Crippen LogP contribution in [0.1, 0.15) is 41.9 Å². The van der Waals surface area contributed by atoms with Crippen LogP contribution >= 0.6 is 11.8 Å². The second kappa shape index (κ2) is 10.8. The highest BCUT2D eigenvalue weighted by Gasteiger charge is 2.49. The lowest BCUT2D eigenvalue weighted by Crippen LogP contribution is -2.61. The Bertz CT molecular complexity index is 1670. The highest BCUT2D eigenvalue weighted by atomic mass is 32.2. The van der Waals surface area contributed by atoms with Crippen molar-refractivity contribution in [2.24, 2.45) is 11.8 Å². The number of pyridine rings is 1. The van der Waals surface area contributed by atoms with Crippen molar-refractivity contribution in [2.45, 2.75) is 43.8 Å². The first kappa shape index (κ1) is 27.1. The van der Waals surface area contributed by atoms with Gasteiger partial charge in [0.2, 0.25) is 5.91 Å². The molecule has 2 aromatic carbocycles. The van der Waals surface area contributed by atoms with E-state index in [9.17, 15) is 20.0 Å². The van der Waals surface area contributed by atoms with Gasteiger partial charge in [-0.15, -0.1) is 0 Å². The molecule has 0 spiro atoms. The molecule has 5 atom stereocenters. The lowest BCUT2D eigenvalue weighted by Gasteiger charge is -2.54. The van der Waals surface area contributed by atoms with Gasteiger partial charge in [0.15, 0.2) is 0 Å². The van der Waals surface area contributed by atoms with Gasteiger partial charge in [0.05, 0.1) is 28.7 Å². The van der Waals surface area contributed by atoms with Crippen LogP contribution in [0.15, 0.2) is 65.5 Å². The van der Waals surface area contributed by atoms with E-state index in [2.05, 4.69) is 15.2 Å². The fourth-order valence-electron chi connectivity index (χ4n) is 7.39. The van der Waals surface area contributed by atoms with Crippen LogP contribution in [0, 0.1) is 17.0 Å². The number of aromatic nitrogens is 3. The summed E-state index contributed by atoms with van der Waals surface area (Å²) < 4.78 is 1.89. The maximum atomic E-state index is 14.3. The normalized spacial score (nSPS) is 23.1. The molecule has 3 aliphatic heterocycles. The number of carbonyl (C=O) groups is 1. The first-order chi connectivity index (χ1) is 20.4. The van der Waals surface area contributed by atoms with Crippen molar-refractivity contribution in [3.8, 4) is 0 Å². The average molecular weight is 586 g/mol. The molecule has 1 amide bonds. The van der Waals surface area contributed by atoms with Crippen LogP contribution in [0.4, 0.5) is 11.4 Å². The summed E-state index contributed by atoms with van der Waals surface area (Å²) in [5.74, 6) is 1.36. The molecule has 1 saturated heterocycles. The molecule has 0 saturated carbocycles. The van der Waals surface area contributed by atoms with E-state index in [0.717, 1.165) is 52.4 Å². The van der Waals surface area contributed by atoms with E-state index in [0.29, 0.717) is 19.5 Å². The van der Waals surface area contributed by atoms with Gasteiger partial charge in [-0.3, -0.25) is 14.8 Å². The molecule has 42 heavy (non-hydrogen) atoms. The van der Waals surface area contributed by atoms with Crippen LogP contribution < -0.4 is 21.0 Å². The van der Waals surface area contributed by atoms with Crippen LogP contribution in [-0.2, 0) is 17.8 Å². The van der Waals surface area contributed by atoms with E-state index in [1.54, 1.807) is 30.0 Å². The second-order valence-corrected chi connectivity index (χ2v) is 12.6. The number of nitrogens with zero attached hydrogens (tertiary/aromatic N) is 4. The summed E-state index contributed by atoms with van der Waals surface area (Å²) in [6, 6.07) is 18.1. The quantitative estimate of drug-likeness (QED) is 0.275. The molecule has 4 aromatic rings. The van der Waals surface area contributed by atoms with E-state index in [4.69, 9.17) is 4.98 Å². The Morgan fingerprint density at radius 3 is 2.88 bits per heavy atom. The predicted molar refractivity (Wildman–Crippen MR) is 164 cm³/mol. The first-order valence-electron chi connectivity index (χ1n) is 14.4.